The summed E-state index contributed by atoms with van der Waals surface area (Å²) in [6.45, 7) is 0. The van der Waals surface area contributed by atoms with Gasteiger partial charge in [0.2, 0.25) is 0 Å². The second-order valence-corrected chi connectivity index (χ2v) is 6.26. The summed E-state index contributed by atoms with van der Waals surface area (Å²) in [4.78, 5) is 19.5. The van der Waals surface area contributed by atoms with Crippen molar-refractivity contribution in [3.8, 4) is 17.1 Å². The van der Waals surface area contributed by atoms with E-state index in [0.717, 1.165) is 28.6 Å². The molecule has 21 heavy (non-hydrogen) atoms. The lowest BCUT2D eigenvalue weighted by molar-refractivity contribution is 0.416. The highest BCUT2D eigenvalue weighted by Gasteiger charge is 2.20. The van der Waals surface area contributed by atoms with Gasteiger partial charge in [-0.1, -0.05) is 28.8 Å². The third-order valence-electron chi connectivity index (χ3n) is 3.95. The van der Waals surface area contributed by atoms with Gasteiger partial charge in [0.15, 0.2) is 0 Å². The Morgan fingerprint density at radius 1 is 1.29 bits per heavy atom. The van der Waals surface area contributed by atoms with Crippen LogP contribution in [0.2, 0.25) is 0 Å². The van der Waals surface area contributed by atoms with Crippen molar-refractivity contribution in [3.05, 3.63) is 44.8 Å². The van der Waals surface area contributed by atoms with E-state index in [0.29, 0.717) is 17.5 Å². The number of halogens is 1. The fourth-order valence-electron chi connectivity index (χ4n) is 2.90. The largest absolute Gasteiger partial charge is 0.496 e. The van der Waals surface area contributed by atoms with Crippen molar-refractivity contribution in [1.29, 1.82) is 0 Å². The van der Waals surface area contributed by atoms with Crippen LogP contribution in [0.5, 0.6) is 5.75 Å². The van der Waals surface area contributed by atoms with Gasteiger partial charge in [0, 0.05) is 16.5 Å². The van der Waals surface area contributed by atoms with E-state index in [4.69, 9.17) is 4.74 Å². The number of methoxy groups -OCH3 is 1. The first-order chi connectivity index (χ1) is 10.2. The summed E-state index contributed by atoms with van der Waals surface area (Å²) in [5, 5.41) is 0. The summed E-state index contributed by atoms with van der Waals surface area (Å²) in [7, 11) is 1.62. The third kappa shape index (κ3) is 3.02. The molecule has 0 radical (unpaired) electrons. The lowest BCUT2D eigenvalue weighted by Gasteiger charge is -2.12. The van der Waals surface area contributed by atoms with Gasteiger partial charge in [-0.05, 0) is 31.0 Å². The van der Waals surface area contributed by atoms with Crippen molar-refractivity contribution in [3.63, 3.8) is 0 Å². The number of nitrogens with one attached hydrogen (secondary N) is 1. The lowest BCUT2D eigenvalue weighted by Crippen LogP contribution is -2.12. The average Bonchev–Trinajstić information content (AvgIpc) is 3.01. The maximum Gasteiger partial charge on any atom is 0.251 e. The Balaban J connectivity index is 2.10. The molecular formula is C16H17BrN2O2. The molecule has 0 atom stereocenters. The van der Waals surface area contributed by atoms with Crippen LogP contribution < -0.4 is 10.3 Å². The van der Waals surface area contributed by atoms with E-state index in [-0.39, 0.29) is 5.56 Å². The van der Waals surface area contributed by atoms with Crippen molar-refractivity contribution < 1.29 is 4.74 Å². The number of aromatic amines is 1. The molecule has 2 aromatic rings. The third-order valence-corrected chi connectivity index (χ3v) is 4.44. The molecule has 1 aliphatic carbocycles. The van der Waals surface area contributed by atoms with Crippen LogP contribution in [0.4, 0.5) is 0 Å². The summed E-state index contributed by atoms with van der Waals surface area (Å²) in [6.07, 6.45) is 4.67. The van der Waals surface area contributed by atoms with Crippen molar-refractivity contribution in [2.75, 3.05) is 7.11 Å². The van der Waals surface area contributed by atoms with Crippen LogP contribution in [0, 0.1) is 0 Å². The summed E-state index contributed by atoms with van der Waals surface area (Å²) in [5.74, 6) is 1.68. The molecule has 0 bridgehead atoms. The molecule has 0 unspecified atom stereocenters. The normalized spacial score (nSPS) is 15.3. The predicted molar refractivity (Wildman–Crippen MR) is 85.8 cm³/mol. The summed E-state index contributed by atoms with van der Waals surface area (Å²) < 4.78 is 6.30. The maximum absolute atomic E-state index is 12.0. The van der Waals surface area contributed by atoms with Gasteiger partial charge in [0.25, 0.3) is 5.56 Å². The molecule has 0 saturated heterocycles. The van der Waals surface area contributed by atoms with Crippen LogP contribution in [0.15, 0.2) is 33.5 Å². The second kappa shape index (κ2) is 6.02. The van der Waals surface area contributed by atoms with Crippen molar-refractivity contribution in [2.24, 2.45) is 0 Å². The van der Waals surface area contributed by atoms with Gasteiger partial charge in [-0.15, -0.1) is 0 Å². The molecule has 1 aliphatic rings. The highest BCUT2D eigenvalue weighted by atomic mass is 79.9. The smallest absolute Gasteiger partial charge is 0.251 e. The zero-order valence-electron chi connectivity index (χ0n) is 11.9. The molecule has 1 saturated carbocycles. The molecule has 1 fully saturated rings. The van der Waals surface area contributed by atoms with Crippen molar-refractivity contribution >= 4 is 15.9 Å². The first kappa shape index (κ1) is 14.3. The zero-order chi connectivity index (χ0) is 14.8. The number of aromatic nitrogens is 2. The maximum atomic E-state index is 12.0. The summed E-state index contributed by atoms with van der Waals surface area (Å²) in [5.41, 5.74) is 1.58. The SMILES string of the molecule is COc1ccc(Br)cc1-c1nc(C2CCCC2)cc(=O)[nH]1. The Kier molecular flexibility index (Phi) is 4.10. The second-order valence-electron chi connectivity index (χ2n) is 5.34. The van der Waals surface area contributed by atoms with E-state index < -0.39 is 0 Å². The van der Waals surface area contributed by atoms with Crippen LogP contribution in [0.1, 0.15) is 37.3 Å². The monoisotopic (exact) mass is 348 g/mol. The first-order valence-electron chi connectivity index (χ1n) is 7.12. The summed E-state index contributed by atoms with van der Waals surface area (Å²) in [6, 6.07) is 7.31. The van der Waals surface area contributed by atoms with Crippen LogP contribution >= 0.6 is 15.9 Å². The van der Waals surface area contributed by atoms with Crippen LogP contribution in [-0.4, -0.2) is 17.1 Å². The van der Waals surface area contributed by atoms with E-state index in [9.17, 15) is 4.79 Å². The van der Waals surface area contributed by atoms with Crippen LogP contribution in [-0.2, 0) is 0 Å². The standard InChI is InChI=1S/C16H17BrN2O2/c1-21-14-7-6-11(17)8-12(14)16-18-13(9-15(20)19-16)10-4-2-3-5-10/h6-10H,2-5H2,1H3,(H,18,19,20). The summed E-state index contributed by atoms with van der Waals surface area (Å²) >= 11 is 3.45. The number of benzene rings is 1. The Labute approximate surface area is 131 Å². The zero-order valence-corrected chi connectivity index (χ0v) is 13.4. The number of hydrogen-bond acceptors (Lipinski definition) is 3. The molecule has 5 heteroatoms. The Morgan fingerprint density at radius 3 is 2.76 bits per heavy atom. The quantitative estimate of drug-likeness (QED) is 0.915. The van der Waals surface area contributed by atoms with E-state index in [1.807, 2.05) is 18.2 Å². The highest BCUT2D eigenvalue weighted by Crippen LogP contribution is 2.34. The number of hydrogen-bond donors (Lipinski definition) is 1. The van der Waals surface area contributed by atoms with E-state index in [1.54, 1.807) is 13.2 Å². The van der Waals surface area contributed by atoms with Gasteiger partial charge in [-0.25, -0.2) is 4.98 Å². The Morgan fingerprint density at radius 2 is 2.05 bits per heavy atom. The molecule has 0 amide bonds. The van der Waals surface area contributed by atoms with E-state index in [1.165, 1.54) is 12.8 Å². The van der Waals surface area contributed by atoms with Gasteiger partial charge < -0.3 is 9.72 Å². The number of H-pyrrole nitrogens is 1. The van der Waals surface area contributed by atoms with Gasteiger partial charge in [0.1, 0.15) is 11.6 Å². The molecule has 3 rings (SSSR count). The minimum atomic E-state index is -0.107. The number of rotatable bonds is 3. The molecular weight excluding hydrogens is 332 g/mol. The molecule has 110 valence electrons. The number of ether oxygens (including phenoxy) is 1. The minimum Gasteiger partial charge on any atom is -0.496 e. The first-order valence-corrected chi connectivity index (χ1v) is 7.92. The van der Waals surface area contributed by atoms with Gasteiger partial charge in [-0.2, -0.15) is 0 Å². The average molecular weight is 349 g/mol. The molecule has 0 spiro atoms. The molecule has 4 nitrogen and oxygen atoms in total. The minimum absolute atomic E-state index is 0.107. The molecule has 1 aromatic carbocycles. The Bertz CT molecular complexity index is 706. The molecule has 0 aliphatic heterocycles. The van der Waals surface area contributed by atoms with Crippen LogP contribution in [0.3, 0.4) is 0 Å². The van der Waals surface area contributed by atoms with Gasteiger partial charge in [0.05, 0.1) is 18.4 Å². The molecule has 1 N–H and O–H groups in total. The topological polar surface area (TPSA) is 55.0 Å². The molecule has 1 aromatic heterocycles. The highest BCUT2D eigenvalue weighted by molar-refractivity contribution is 9.10. The fourth-order valence-corrected chi connectivity index (χ4v) is 3.26. The predicted octanol–water partition coefficient (Wildman–Crippen LogP) is 3.87. The van der Waals surface area contributed by atoms with E-state index in [2.05, 4.69) is 25.9 Å². The van der Waals surface area contributed by atoms with Crippen molar-refractivity contribution in [1.82, 2.24) is 9.97 Å². The van der Waals surface area contributed by atoms with Crippen LogP contribution in [0.25, 0.3) is 11.4 Å². The Hall–Kier alpha value is -1.62. The van der Waals surface area contributed by atoms with E-state index >= 15 is 0 Å². The fraction of sp³-hybridized carbons (Fsp3) is 0.375. The van der Waals surface area contributed by atoms with Gasteiger partial charge >= 0.3 is 0 Å². The molecule has 1 heterocycles. The van der Waals surface area contributed by atoms with Crippen molar-refractivity contribution in [2.45, 2.75) is 31.6 Å². The lowest BCUT2D eigenvalue weighted by atomic mass is 10.0. The number of nitrogens with zero attached hydrogens (tertiary/aromatic N) is 1. The van der Waals surface area contributed by atoms with Gasteiger partial charge in [-0.3, -0.25) is 4.79 Å².